The third-order valence-electron chi connectivity index (χ3n) is 3.58. The molecule has 2 rings (SSSR count). The summed E-state index contributed by atoms with van der Waals surface area (Å²) >= 11 is 0. The van der Waals surface area contributed by atoms with Gasteiger partial charge in [0.2, 0.25) is 5.91 Å². The normalized spacial score (nSPS) is 27.5. The Balaban J connectivity index is 1.83. The van der Waals surface area contributed by atoms with E-state index in [0.717, 1.165) is 19.5 Å². The summed E-state index contributed by atoms with van der Waals surface area (Å²) in [5, 5.41) is 11.8. The van der Waals surface area contributed by atoms with Crippen molar-refractivity contribution in [2.45, 2.75) is 6.42 Å². The van der Waals surface area contributed by atoms with Gasteiger partial charge in [-0.25, -0.2) is 0 Å². The minimum absolute atomic E-state index is 0.0151. The van der Waals surface area contributed by atoms with Crippen molar-refractivity contribution in [2.75, 3.05) is 39.9 Å². The molecule has 0 aromatic rings. The number of rotatable bonds is 4. The number of hydrogen-bond donors (Lipinski definition) is 2. The molecule has 2 aliphatic heterocycles. The second-order valence-corrected chi connectivity index (χ2v) is 5.01. The number of carboxylic acids is 1. The Labute approximate surface area is 99.9 Å². The van der Waals surface area contributed by atoms with E-state index in [4.69, 9.17) is 9.84 Å². The molecule has 0 aromatic heterocycles. The van der Waals surface area contributed by atoms with Crippen LogP contribution >= 0.6 is 0 Å². The van der Waals surface area contributed by atoms with Crippen molar-refractivity contribution in [1.29, 1.82) is 0 Å². The smallest absolute Gasteiger partial charge is 0.324 e. The fraction of sp³-hybridized carbons (Fsp3) is 0.818. The van der Waals surface area contributed by atoms with E-state index in [-0.39, 0.29) is 13.2 Å². The van der Waals surface area contributed by atoms with Gasteiger partial charge in [-0.05, 0) is 25.9 Å². The van der Waals surface area contributed by atoms with Crippen LogP contribution in [0.15, 0.2) is 0 Å². The van der Waals surface area contributed by atoms with E-state index in [1.807, 2.05) is 7.05 Å². The third kappa shape index (κ3) is 2.28. The SMILES string of the molecule is CN1CCC(CNC(=O)C2(C(=O)O)COC2)C1. The molecule has 0 bridgehead atoms. The Bertz CT molecular complexity index is 327. The Morgan fingerprint density at radius 1 is 1.53 bits per heavy atom. The number of ether oxygens (including phenoxy) is 1. The van der Waals surface area contributed by atoms with E-state index in [1.165, 1.54) is 0 Å². The minimum atomic E-state index is -1.34. The fourth-order valence-corrected chi connectivity index (χ4v) is 2.26. The van der Waals surface area contributed by atoms with Crippen LogP contribution in [0.3, 0.4) is 0 Å². The first kappa shape index (κ1) is 12.3. The van der Waals surface area contributed by atoms with Gasteiger partial charge in [-0.3, -0.25) is 9.59 Å². The van der Waals surface area contributed by atoms with Gasteiger partial charge in [0, 0.05) is 13.1 Å². The molecule has 6 nitrogen and oxygen atoms in total. The molecule has 2 N–H and O–H groups in total. The van der Waals surface area contributed by atoms with Gasteiger partial charge in [0.05, 0.1) is 13.2 Å². The zero-order valence-corrected chi connectivity index (χ0v) is 9.94. The van der Waals surface area contributed by atoms with Crippen LogP contribution in [0.1, 0.15) is 6.42 Å². The molecule has 2 heterocycles. The Hall–Kier alpha value is -1.14. The van der Waals surface area contributed by atoms with E-state index < -0.39 is 17.3 Å². The predicted octanol–water partition coefficient (Wildman–Crippen LogP) is -0.844. The highest BCUT2D eigenvalue weighted by Crippen LogP contribution is 2.28. The maximum Gasteiger partial charge on any atom is 0.324 e. The Morgan fingerprint density at radius 2 is 2.24 bits per heavy atom. The average Bonchev–Trinajstić information content (AvgIpc) is 2.59. The van der Waals surface area contributed by atoms with Gasteiger partial charge in [0.15, 0.2) is 5.41 Å². The maximum atomic E-state index is 11.8. The monoisotopic (exact) mass is 242 g/mol. The first-order valence-corrected chi connectivity index (χ1v) is 5.82. The van der Waals surface area contributed by atoms with E-state index in [2.05, 4.69) is 10.2 Å². The minimum Gasteiger partial charge on any atom is -0.480 e. The second kappa shape index (κ2) is 4.62. The van der Waals surface area contributed by atoms with Crippen molar-refractivity contribution in [1.82, 2.24) is 10.2 Å². The molecule has 1 unspecified atom stereocenters. The van der Waals surface area contributed by atoms with E-state index >= 15 is 0 Å². The fourth-order valence-electron chi connectivity index (χ4n) is 2.26. The summed E-state index contributed by atoms with van der Waals surface area (Å²) in [6.45, 7) is 2.51. The zero-order chi connectivity index (χ0) is 12.5. The van der Waals surface area contributed by atoms with E-state index in [1.54, 1.807) is 0 Å². The molecular weight excluding hydrogens is 224 g/mol. The molecule has 0 spiro atoms. The lowest BCUT2D eigenvalue weighted by atomic mass is 9.85. The van der Waals surface area contributed by atoms with Gasteiger partial charge in [0.1, 0.15) is 0 Å². The standard InChI is InChI=1S/C11H18N2O4/c1-13-3-2-8(5-13)4-12-9(14)11(10(15)16)6-17-7-11/h8H,2-7H2,1H3,(H,12,14)(H,15,16). The maximum absolute atomic E-state index is 11.8. The van der Waals surface area contributed by atoms with Crippen molar-refractivity contribution in [3.63, 3.8) is 0 Å². The molecule has 0 radical (unpaired) electrons. The Kier molecular flexibility index (Phi) is 3.35. The van der Waals surface area contributed by atoms with E-state index in [9.17, 15) is 9.59 Å². The molecule has 0 saturated carbocycles. The number of carboxylic acid groups (broad SMARTS) is 1. The lowest BCUT2D eigenvalue weighted by Gasteiger charge is -2.35. The summed E-state index contributed by atoms with van der Waals surface area (Å²) in [5.41, 5.74) is -1.34. The molecule has 17 heavy (non-hydrogen) atoms. The summed E-state index contributed by atoms with van der Waals surface area (Å²) < 4.78 is 4.86. The molecule has 0 aliphatic carbocycles. The number of nitrogens with one attached hydrogen (secondary N) is 1. The topological polar surface area (TPSA) is 78.9 Å². The second-order valence-electron chi connectivity index (χ2n) is 5.01. The molecular formula is C11H18N2O4. The van der Waals surface area contributed by atoms with Crippen molar-refractivity contribution in [3.05, 3.63) is 0 Å². The lowest BCUT2D eigenvalue weighted by Crippen LogP contribution is -2.59. The number of aliphatic carboxylic acids is 1. The number of likely N-dealkylation sites (tertiary alicyclic amines) is 1. The van der Waals surface area contributed by atoms with Gasteiger partial charge in [0.25, 0.3) is 0 Å². The van der Waals surface area contributed by atoms with Crippen molar-refractivity contribution in [3.8, 4) is 0 Å². The summed E-state index contributed by atoms with van der Waals surface area (Å²) in [6.07, 6.45) is 1.05. The van der Waals surface area contributed by atoms with E-state index in [0.29, 0.717) is 12.5 Å². The summed E-state index contributed by atoms with van der Waals surface area (Å²) in [5.74, 6) is -1.08. The summed E-state index contributed by atoms with van der Waals surface area (Å²) in [4.78, 5) is 25.1. The molecule has 2 saturated heterocycles. The average molecular weight is 242 g/mol. The van der Waals surface area contributed by atoms with Gasteiger partial charge in [-0.2, -0.15) is 0 Å². The van der Waals surface area contributed by atoms with Crippen LogP contribution in [0.4, 0.5) is 0 Å². The number of nitrogens with zero attached hydrogens (tertiary/aromatic N) is 1. The Morgan fingerprint density at radius 3 is 2.65 bits per heavy atom. The van der Waals surface area contributed by atoms with Crippen LogP contribution < -0.4 is 5.32 Å². The highest BCUT2D eigenvalue weighted by Gasteiger charge is 2.53. The summed E-state index contributed by atoms with van der Waals surface area (Å²) in [6, 6.07) is 0. The highest BCUT2D eigenvalue weighted by molar-refractivity contribution is 6.03. The van der Waals surface area contributed by atoms with Crippen LogP contribution in [0.2, 0.25) is 0 Å². The van der Waals surface area contributed by atoms with Crippen LogP contribution in [-0.2, 0) is 14.3 Å². The summed E-state index contributed by atoms with van der Waals surface area (Å²) in [7, 11) is 2.04. The zero-order valence-electron chi connectivity index (χ0n) is 9.94. The molecule has 96 valence electrons. The molecule has 2 aliphatic rings. The van der Waals surface area contributed by atoms with Gasteiger partial charge in [-0.1, -0.05) is 0 Å². The number of amides is 1. The van der Waals surface area contributed by atoms with Gasteiger partial charge < -0.3 is 20.1 Å². The molecule has 1 atom stereocenters. The number of hydrogen-bond acceptors (Lipinski definition) is 4. The predicted molar refractivity (Wildman–Crippen MR) is 59.5 cm³/mol. The van der Waals surface area contributed by atoms with Gasteiger partial charge >= 0.3 is 5.97 Å². The number of carbonyl (C=O) groups excluding carboxylic acids is 1. The molecule has 6 heteroatoms. The molecule has 2 fully saturated rings. The third-order valence-corrected chi connectivity index (χ3v) is 3.58. The quantitative estimate of drug-likeness (QED) is 0.628. The van der Waals surface area contributed by atoms with Crippen molar-refractivity contribution >= 4 is 11.9 Å². The van der Waals surface area contributed by atoms with Crippen LogP contribution in [-0.4, -0.2) is 61.8 Å². The van der Waals surface area contributed by atoms with Crippen molar-refractivity contribution < 1.29 is 19.4 Å². The van der Waals surface area contributed by atoms with Crippen LogP contribution in [0.5, 0.6) is 0 Å². The van der Waals surface area contributed by atoms with Crippen LogP contribution in [0.25, 0.3) is 0 Å². The molecule has 0 aromatic carbocycles. The highest BCUT2D eigenvalue weighted by atomic mass is 16.5. The first-order chi connectivity index (χ1) is 8.04. The first-order valence-electron chi connectivity index (χ1n) is 5.82. The van der Waals surface area contributed by atoms with Crippen molar-refractivity contribution in [2.24, 2.45) is 11.3 Å². The van der Waals surface area contributed by atoms with Crippen LogP contribution in [0, 0.1) is 11.3 Å². The van der Waals surface area contributed by atoms with Gasteiger partial charge in [-0.15, -0.1) is 0 Å². The number of carbonyl (C=O) groups is 2. The molecule has 1 amide bonds. The largest absolute Gasteiger partial charge is 0.480 e. The lowest BCUT2D eigenvalue weighted by molar-refractivity contribution is -0.185.